The molecule has 120 valence electrons. The minimum absolute atomic E-state index is 0.754. The van der Waals surface area contributed by atoms with Crippen molar-refractivity contribution >= 4 is 0 Å². The highest BCUT2D eigenvalue weighted by Crippen LogP contribution is 2.49. The van der Waals surface area contributed by atoms with Crippen LogP contribution in [-0.4, -0.2) is 36.6 Å². The first-order chi connectivity index (χ1) is 10.3. The van der Waals surface area contributed by atoms with Crippen LogP contribution in [0.4, 0.5) is 0 Å². The van der Waals surface area contributed by atoms with Crippen LogP contribution in [0.2, 0.25) is 0 Å². The van der Waals surface area contributed by atoms with Gasteiger partial charge in [0.05, 0.1) is 0 Å². The minimum Gasteiger partial charge on any atom is -0.311 e. The first-order valence-corrected chi connectivity index (χ1v) is 9.78. The van der Waals surface area contributed by atoms with Crippen LogP contribution in [0.15, 0.2) is 0 Å². The topological polar surface area (TPSA) is 15.3 Å². The van der Waals surface area contributed by atoms with Gasteiger partial charge in [-0.1, -0.05) is 19.3 Å². The summed E-state index contributed by atoms with van der Waals surface area (Å²) in [6.45, 7) is 6.42. The number of hydrogen-bond acceptors (Lipinski definition) is 2. The fourth-order valence-electron chi connectivity index (χ4n) is 5.06. The van der Waals surface area contributed by atoms with Gasteiger partial charge >= 0.3 is 0 Å². The molecule has 1 aliphatic heterocycles. The first-order valence-electron chi connectivity index (χ1n) is 9.78. The van der Waals surface area contributed by atoms with E-state index in [0.717, 1.165) is 35.8 Å². The fraction of sp³-hybridized carbons (Fsp3) is 1.00. The van der Waals surface area contributed by atoms with Crippen LogP contribution in [0.1, 0.15) is 64.7 Å². The second-order valence-electron chi connectivity index (χ2n) is 8.55. The predicted molar refractivity (Wildman–Crippen MR) is 88.3 cm³/mol. The highest BCUT2D eigenvalue weighted by molar-refractivity contribution is 4.96. The van der Waals surface area contributed by atoms with Crippen molar-refractivity contribution in [2.75, 3.05) is 19.6 Å². The maximum absolute atomic E-state index is 3.89. The lowest BCUT2D eigenvalue weighted by Crippen LogP contribution is -2.59. The smallest absolute Gasteiger partial charge is 0.0224 e. The number of nitrogens with one attached hydrogen (secondary N) is 1. The Balaban J connectivity index is 1.36. The molecule has 2 heteroatoms. The van der Waals surface area contributed by atoms with Crippen molar-refractivity contribution in [3.8, 4) is 0 Å². The molecule has 3 aliphatic carbocycles. The Bertz CT molecular complexity index is 329. The van der Waals surface area contributed by atoms with E-state index in [9.17, 15) is 0 Å². The lowest BCUT2D eigenvalue weighted by atomic mass is 9.82. The Kier molecular flexibility index (Phi) is 4.28. The van der Waals surface area contributed by atoms with Gasteiger partial charge in [-0.05, 0) is 69.1 Å². The molecule has 2 unspecified atom stereocenters. The standard InChI is InChI=1S/C19H34N2/c1-14-11-20-19(17-5-3-2-4-6-17)13-21(14)12-18(15-7-8-15)16-9-10-16/h14-20H,2-13H2,1H3. The Hall–Kier alpha value is -0.0800. The van der Waals surface area contributed by atoms with Crippen LogP contribution in [0.5, 0.6) is 0 Å². The molecular formula is C19H34N2. The van der Waals surface area contributed by atoms with E-state index in [2.05, 4.69) is 17.1 Å². The van der Waals surface area contributed by atoms with Crippen molar-refractivity contribution in [3.63, 3.8) is 0 Å². The Morgan fingerprint density at radius 1 is 0.952 bits per heavy atom. The fourth-order valence-corrected chi connectivity index (χ4v) is 5.06. The van der Waals surface area contributed by atoms with Gasteiger partial charge < -0.3 is 5.32 Å². The van der Waals surface area contributed by atoms with Gasteiger partial charge in [-0.3, -0.25) is 4.90 Å². The van der Waals surface area contributed by atoms with Gasteiger partial charge in [-0.25, -0.2) is 0 Å². The average molecular weight is 290 g/mol. The average Bonchev–Trinajstić information content (AvgIpc) is 3.40. The van der Waals surface area contributed by atoms with Gasteiger partial charge in [0.2, 0.25) is 0 Å². The van der Waals surface area contributed by atoms with Crippen molar-refractivity contribution in [2.45, 2.75) is 76.8 Å². The third-order valence-corrected chi connectivity index (χ3v) is 6.85. The number of rotatable bonds is 5. The van der Waals surface area contributed by atoms with Crippen molar-refractivity contribution in [1.82, 2.24) is 10.2 Å². The van der Waals surface area contributed by atoms with E-state index in [1.54, 1.807) is 0 Å². The van der Waals surface area contributed by atoms with Crippen LogP contribution < -0.4 is 5.32 Å². The van der Waals surface area contributed by atoms with Crippen LogP contribution in [0, 0.1) is 23.7 Å². The maximum atomic E-state index is 3.89. The van der Waals surface area contributed by atoms with E-state index in [-0.39, 0.29) is 0 Å². The van der Waals surface area contributed by atoms with E-state index in [4.69, 9.17) is 0 Å². The molecule has 4 aliphatic rings. The second kappa shape index (κ2) is 6.20. The van der Waals surface area contributed by atoms with E-state index in [0.29, 0.717) is 0 Å². The van der Waals surface area contributed by atoms with Gasteiger partial charge in [-0.15, -0.1) is 0 Å². The van der Waals surface area contributed by atoms with Gasteiger partial charge in [0.25, 0.3) is 0 Å². The Morgan fingerprint density at radius 2 is 1.62 bits per heavy atom. The van der Waals surface area contributed by atoms with Crippen molar-refractivity contribution in [2.24, 2.45) is 23.7 Å². The van der Waals surface area contributed by atoms with Crippen LogP contribution in [-0.2, 0) is 0 Å². The summed E-state index contributed by atoms with van der Waals surface area (Å²) >= 11 is 0. The van der Waals surface area contributed by atoms with Gasteiger partial charge in [-0.2, -0.15) is 0 Å². The van der Waals surface area contributed by atoms with E-state index >= 15 is 0 Å². The maximum Gasteiger partial charge on any atom is 0.0224 e. The van der Waals surface area contributed by atoms with Crippen LogP contribution in [0.3, 0.4) is 0 Å². The Morgan fingerprint density at radius 3 is 2.24 bits per heavy atom. The third-order valence-electron chi connectivity index (χ3n) is 6.85. The summed E-state index contributed by atoms with van der Waals surface area (Å²) in [5, 5.41) is 3.89. The lowest BCUT2D eigenvalue weighted by Gasteiger charge is -2.44. The van der Waals surface area contributed by atoms with Gasteiger partial charge in [0.1, 0.15) is 0 Å². The molecule has 0 amide bonds. The number of piperazine rings is 1. The summed E-state index contributed by atoms with van der Waals surface area (Å²) < 4.78 is 0. The van der Waals surface area contributed by atoms with Crippen LogP contribution >= 0.6 is 0 Å². The van der Waals surface area contributed by atoms with Crippen molar-refractivity contribution < 1.29 is 0 Å². The molecule has 0 aromatic rings. The molecule has 2 nitrogen and oxygen atoms in total. The van der Waals surface area contributed by atoms with Crippen molar-refractivity contribution in [1.29, 1.82) is 0 Å². The Labute approximate surface area is 131 Å². The summed E-state index contributed by atoms with van der Waals surface area (Å²) in [5.74, 6) is 4.23. The highest BCUT2D eigenvalue weighted by Gasteiger charge is 2.43. The van der Waals surface area contributed by atoms with Gasteiger partial charge in [0, 0.05) is 31.7 Å². The van der Waals surface area contributed by atoms with Crippen LogP contribution in [0.25, 0.3) is 0 Å². The normalized spacial score (nSPS) is 36.3. The molecule has 1 N–H and O–H groups in total. The third kappa shape index (κ3) is 3.47. The number of hydrogen-bond donors (Lipinski definition) is 1. The molecule has 1 saturated heterocycles. The zero-order valence-corrected chi connectivity index (χ0v) is 13.9. The van der Waals surface area contributed by atoms with E-state index in [1.807, 2.05) is 0 Å². The summed E-state index contributed by atoms with van der Waals surface area (Å²) in [6, 6.07) is 1.55. The van der Waals surface area contributed by atoms with E-state index in [1.165, 1.54) is 77.4 Å². The van der Waals surface area contributed by atoms with Gasteiger partial charge in [0.15, 0.2) is 0 Å². The zero-order valence-electron chi connectivity index (χ0n) is 13.9. The zero-order chi connectivity index (χ0) is 14.2. The molecule has 4 rings (SSSR count). The highest BCUT2D eigenvalue weighted by atomic mass is 15.2. The minimum atomic E-state index is 0.754. The molecule has 3 saturated carbocycles. The molecular weight excluding hydrogens is 256 g/mol. The molecule has 2 atom stereocenters. The largest absolute Gasteiger partial charge is 0.311 e. The first kappa shape index (κ1) is 14.5. The summed E-state index contributed by atoms with van der Waals surface area (Å²) in [6.07, 6.45) is 13.5. The number of nitrogens with zero attached hydrogens (tertiary/aromatic N) is 1. The summed E-state index contributed by atoms with van der Waals surface area (Å²) in [5.41, 5.74) is 0. The second-order valence-corrected chi connectivity index (χ2v) is 8.55. The molecule has 1 heterocycles. The summed E-state index contributed by atoms with van der Waals surface area (Å²) in [4.78, 5) is 2.87. The SMILES string of the molecule is CC1CNC(C2CCCCC2)CN1CC(C1CC1)C1CC1. The quantitative estimate of drug-likeness (QED) is 0.831. The molecule has 4 fully saturated rings. The van der Waals surface area contributed by atoms with Crippen molar-refractivity contribution in [3.05, 3.63) is 0 Å². The molecule has 21 heavy (non-hydrogen) atoms. The molecule has 0 bridgehead atoms. The monoisotopic (exact) mass is 290 g/mol. The van der Waals surface area contributed by atoms with E-state index < -0.39 is 0 Å². The molecule has 0 aromatic carbocycles. The molecule has 0 radical (unpaired) electrons. The predicted octanol–water partition coefficient (Wildman–Crippen LogP) is 3.67. The lowest BCUT2D eigenvalue weighted by molar-refractivity contribution is 0.0811. The summed E-state index contributed by atoms with van der Waals surface area (Å²) in [7, 11) is 0. The molecule has 0 spiro atoms. The molecule has 0 aromatic heterocycles.